The van der Waals surface area contributed by atoms with Crippen molar-refractivity contribution in [1.82, 2.24) is 10.2 Å². The first-order valence-electron chi connectivity index (χ1n) is 9.46. The molecule has 3 aliphatic rings. The van der Waals surface area contributed by atoms with Crippen molar-refractivity contribution in [1.29, 1.82) is 0 Å². The Kier molecular flexibility index (Phi) is 6.17. The minimum absolute atomic E-state index is 0.122. The SMILES string of the molecule is O=C(NCCCOCC1CCOC1)N1CCC2(CCCCC2)C1. The molecule has 2 aliphatic heterocycles. The normalized spacial score (nSPS) is 26.8. The van der Waals surface area contributed by atoms with E-state index < -0.39 is 0 Å². The smallest absolute Gasteiger partial charge is 0.317 e. The Bertz CT molecular complexity index is 376. The largest absolute Gasteiger partial charge is 0.381 e. The zero-order valence-electron chi connectivity index (χ0n) is 14.4. The van der Waals surface area contributed by atoms with Crippen LogP contribution in [0.3, 0.4) is 0 Å². The number of nitrogens with zero attached hydrogens (tertiary/aromatic N) is 1. The highest BCUT2D eigenvalue weighted by atomic mass is 16.5. The van der Waals surface area contributed by atoms with Crippen molar-refractivity contribution < 1.29 is 14.3 Å². The number of nitrogens with one attached hydrogen (secondary N) is 1. The minimum Gasteiger partial charge on any atom is -0.381 e. The van der Waals surface area contributed by atoms with Crippen molar-refractivity contribution in [3.05, 3.63) is 0 Å². The van der Waals surface area contributed by atoms with Gasteiger partial charge in [0, 0.05) is 38.8 Å². The molecule has 132 valence electrons. The molecule has 1 spiro atoms. The molecule has 3 rings (SSSR count). The van der Waals surface area contributed by atoms with Gasteiger partial charge in [-0.25, -0.2) is 4.79 Å². The van der Waals surface area contributed by atoms with Gasteiger partial charge >= 0.3 is 6.03 Å². The lowest BCUT2D eigenvalue weighted by molar-refractivity contribution is 0.0883. The molecule has 1 unspecified atom stereocenters. The van der Waals surface area contributed by atoms with E-state index in [4.69, 9.17) is 9.47 Å². The zero-order chi connectivity index (χ0) is 16.0. The number of amides is 2. The molecule has 1 atom stereocenters. The fourth-order valence-electron chi connectivity index (χ4n) is 4.26. The average Bonchev–Trinajstić information content (AvgIpc) is 3.22. The molecule has 0 aromatic rings. The van der Waals surface area contributed by atoms with E-state index in [1.165, 1.54) is 38.5 Å². The first-order chi connectivity index (χ1) is 11.3. The number of hydrogen-bond donors (Lipinski definition) is 1. The van der Waals surface area contributed by atoms with Crippen molar-refractivity contribution in [2.24, 2.45) is 11.3 Å². The predicted molar refractivity (Wildman–Crippen MR) is 89.5 cm³/mol. The highest BCUT2D eigenvalue weighted by Crippen LogP contribution is 2.43. The van der Waals surface area contributed by atoms with E-state index >= 15 is 0 Å². The molecule has 1 saturated carbocycles. The van der Waals surface area contributed by atoms with Gasteiger partial charge in [-0.2, -0.15) is 0 Å². The molecule has 5 nitrogen and oxygen atoms in total. The van der Waals surface area contributed by atoms with Crippen LogP contribution >= 0.6 is 0 Å². The van der Waals surface area contributed by atoms with Crippen LogP contribution in [0, 0.1) is 11.3 Å². The van der Waals surface area contributed by atoms with Gasteiger partial charge in [0.25, 0.3) is 0 Å². The number of likely N-dealkylation sites (tertiary alicyclic amines) is 1. The Morgan fingerprint density at radius 3 is 2.91 bits per heavy atom. The Morgan fingerprint density at radius 2 is 2.13 bits per heavy atom. The zero-order valence-corrected chi connectivity index (χ0v) is 14.4. The summed E-state index contributed by atoms with van der Waals surface area (Å²) in [7, 11) is 0. The minimum atomic E-state index is 0.122. The van der Waals surface area contributed by atoms with Crippen molar-refractivity contribution >= 4 is 6.03 Å². The predicted octanol–water partition coefficient (Wildman–Crippen LogP) is 2.80. The van der Waals surface area contributed by atoms with Crippen molar-refractivity contribution in [3.63, 3.8) is 0 Å². The third-order valence-electron chi connectivity index (χ3n) is 5.76. The summed E-state index contributed by atoms with van der Waals surface area (Å²) in [4.78, 5) is 14.3. The maximum absolute atomic E-state index is 12.3. The molecule has 0 bridgehead atoms. The van der Waals surface area contributed by atoms with Crippen LogP contribution in [0.2, 0.25) is 0 Å². The maximum atomic E-state index is 12.3. The Balaban J connectivity index is 1.25. The van der Waals surface area contributed by atoms with Gasteiger partial charge in [0.15, 0.2) is 0 Å². The molecule has 5 heteroatoms. The lowest BCUT2D eigenvalue weighted by Gasteiger charge is -2.33. The lowest BCUT2D eigenvalue weighted by atomic mass is 9.73. The summed E-state index contributed by atoms with van der Waals surface area (Å²) in [5.74, 6) is 0.570. The molecule has 0 aromatic heterocycles. The van der Waals surface area contributed by atoms with Crippen LogP contribution in [-0.4, -0.2) is 57.0 Å². The molecule has 23 heavy (non-hydrogen) atoms. The summed E-state index contributed by atoms with van der Waals surface area (Å²) in [6, 6.07) is 0.122. The molecule has 2 amide bonds. The molecule has 1 aliphatic carbocycles. The first kappa shape index (κ1) is 17.0. The van der Waals surface area contributed by atoms with Gasteiger partial charge in [0.1, 0.15) is 0 Å². The number of hydrogen-bond acceptors (Lipinski definition) is 3. The standard InChI is InChI=1S/C18H32N2O3/c21-17(19-9-4-11-22-13-16-5-12-23-14-16)20-10-8-18(15-20)6-2-1-3-7-18/h16H,1-15H2,(H,19,21). The van der Waals surface area contributed by atoms with Gasteiger partial charge in [-0.05, 0) is 37.5 Å². The summed E-state index contributed by atoms with van der Waals surface area (Å²) in [5.41, 5.74) is 0.446. The molecular formula is C18H32N2O3. The van der Waals surface area contributed by atoms with E-state index in [-0.39, 0.29) is 6.03 Å². The van der Waals surface area contributed by atoms with Gasteiger partial charge in [0.05, 0.1) is 13.2 Å². The van der Waals surface area contributed by atoms with E-state index in [1.807, 2.05) is 4.90 Å². The molecular weight excluding hydrogens is 292 g/mol. The summed E-state index contributed by atoms with van der Waals surface area (Å²) < 4.78 is 11.0. The Labute approximate surface area is 140 Å². The van der Waals surface area contributed by atoms with Gasteiger partial charge in [-0.3, -0.25) is 0 Å². The second kappa shape index (κ2) is 8.34. The van der Waals surface area contributed by atoms with Gasteiger partial charge in [0.2, 0.25) is 0 Å². The van der Waals surface area contributed by atoms with Crippen LogP contribution in [0.5, 0.6) is 0 Å². The van der Waals surface area contributed by atoms with E-state index in [0.29, 0.717) is 17.9 Å². The Morgan fingerprint density at radius 1 is 1.26 bits per heavy atom. The van der Waals surface area contributed by atoms with Crippen molar-refractivity contribution in [2.75, 3.05) is 46.1 Å². The molecule has 1 N–H and O–H groups in total. The van der Waals surface area contributed by atoms with Crippen LogP contribution in [0.1, 0.15) is 51.4 Å². The lowest BCUT2D eigenvalue weighted by Crippen LogP contribution is -2.40. The van der Waals surface area contributed by atoms with Crippen molar-refractivity contribution in [2.45, 2.75) is 51.4 Å². The number of rotatable bonds is 6. The molecule has 2 heterocycles. The number of ether oxygens (including phenoxy) is 2. The highest BCUT2D eigenvalue weighted by Gasteiger charge is 2.40. The first-order valence-corrected chi connectivity index (χ1v) is 9.46. The molecule has 0 radical (unpaired) electrons. The van der Waals surface area contributed by atoms with Gasteiger partial charge in [-0.1, -0.05) is 19.3 Å². The van der Waals surface area contributed by atoms with E-state index in [0.717, 1.165) is 52.4 Å². The number of urea groups is 1. The van der Waals surface area contributed by atoms with Crippen LogP contribution in [0.25, 0.3) is 0 Å². The highest BCUT2D eigenvalue weighted by molar-refractivity contribution is 5.74. The van der Waals surface area contributed by atoms with E-state index in [1.54, 1.807) is 0 Å². The average molecular weight is 324 g/mol. The van der Waals surface area contributed by atoms with Gasteiger partial charge in [-0.15, -0.1) is 0 Å². The molecule has 0 aromatic carbocycles. The third-order valence-corrected chi connectivity index (χ3v) is 5.76. The quantitative estimate of drug-likeness (QED) is 0.764. The van der Waals surface area contributed by atoms with E-state index in [2.05, 4.69) is 5.32 Å². The van der Waals surface area contributed by atoms with Crippen LogP contribution in [0.15, 0.2) is 0 Å². The van der Waals surface area contributed by atoms with Crippen LogP contribution in [-0.2, 0) is 9.47 Å². The van der Waals surface area contributed by atoms with E-state index in [9.17, 15) is 4.79 Å². The monoisotopic (exact) mass is 324 g/mol. The number of carbonyl (C=O) groups excluding carboxylic acids is 1. The molecule has 3 fully saturated rings. The summed E-state index contributed by atoms with van der Waals surface area (Å²) >= 11 is 0. The Hall–Kier alpha value is -0.810. The maximum Gasteiger partial charge on any atom is 0.317 e. The second-order valence-electron chi connectivity index (χ2n) is 7.62. The third kappa shape index (κ3) is 4.83. The van der Waals surface area contributed by atoms with Gasteiger partial charge < -0.3 is 19.7 Å². The summed E-state index contributed by atoms with van der Waals surface area (Å²) in [5, 5.41) is 3.06. The van der Waals surface area contributed by atoms with Crippen LogP contribution in [0.4, 0.5) is 4.79 Å². The molecule has 2 saturated heterocycles. The van der Waals surface area contributed by atoms with Crippen LogP contribution < -0.4 is 5.32 Å². The summed E-state index contributed by atoms with van der Waals surface area (Å²) in [6.07, 6.45) is 9.91. The number of carbonyl (C=O) groups is 1. The van der Waals surface area contributed by atoms with Crippen molar-refractivity contribution in [3.8, 4) is 0 Å². The fourth-order valence-corrected chi connectivity index (χ4v) is 4.26. The summed E-state index contributed by atoms with van der Waals surface area (Å²) in [6.45, 7) is 5.85. The fraction of sp³-hybridized carbons (Fsp3) is 0.944. The second-order valence-corrected chi connectivity index (χ2v) is 7.62. The topological polar surface area (TPSA) is 50.8 Å².